The second-order valence-corrected chi connectivity index (χ2v) is 7.13. The molecule has 3 rings (SSSR count). The van der Waals surface area contributed by atoms with Crippen molar-refractivity contribution in [2.45, 2.75) is 38.5 Å². The Labute approximate surface area is 144 Å². The molecule has 0 aromatic carbocycles. The number of amides is 1. The molecule has 132 valence electrons. The number of nitrogens with zero attached hydrogens (tertiary/aromatic N) is 5. The topological polar surface area (TPSA) is 52.6 Å². The fourth-order valence-corrected chi connectivity index (χ4v) is 3.67. The van der Waals surface area contributed by atoms with E-state index < -0.39 is 0 Å². The molecule has 1 atom stereocenters. The number of aromatic nitrogens is 2. The average molecular weight is 331 g/mol. The summed E-state index contributed by atoms with van der Waals surface area (Å²) in [6.07, 6.45) is 8.67. The first-order valence-electron chi connectivity index (χ1n) is 9.19. The van der Waals surface area contributed by atoms with Crippen LogP contribution in [0.2, 0.25) is 0 Å². The molecule has 2 aliphatic rings. The van der Waals surface area contributed by atoms with Gasteiger partial charge < -0.3 is 14.7 Å². The van der Waals surface area contributed by atoms with Crippen LogP contribution >= 0.6 is 0 Å². The first-order chi connectivity index (χ1) is 11.6. The van der Waals surface area contributed by atoms with Gasteiger partial charge in [0.2, 0.25) is 11.9 Å². The first-order valence-corrected chi connectivity index (χ1v) is 9.19. The summed E-state index contributed by atoms with van der Waals surface area (Å²) in [6.45, 7) is 3.62. The molecular weight excluding hydrogens is 302 g/mol. The summed E-state index contributed by atoms with van der Waals surface area (Å²) < 4.78 is 0. The van der Waals surface area contributed by atoms with Gasteiger partial charge in [-0.1, -0.05) is 12.8 Å². The number of rotatable bonds is 3. The molecule has 2 fully saturated rings. The Bertz CT molecular complexity index is 554. The predicted molar refractivity (Wildman–Crippen MR) is 96.3 cm³/mol. The summed E-state index contributed by atoms with van der Waals surface area (Å²) in [4.78, 5) is 28.1. The van der Waals surface area contributed by atoms with Crippen molar-refractivity contribution in [3.63, 3.8) is 0 Å². The molecule has 2 aliphatic heterocycles. The maximum atomic E-state index is 12.9. The van der Waals surface area contributed by atoms with E-state index in [1.807, 2.05) is 25.1 Å². The van der Waals surface area contributed by atoms with Crippen molar-refractivity contribution in [2.75, 3.05) is 50.1 Å². The third-order valence-corrected chi connectivity index (χ3v) is 5.04. The molecule has 6 nitrogen and oxygen atoms in total. The Morgan fingerprint density at radius 3 is 2.58 bits per heavy atom. The van der Waals surface area contributed by atoms with Gasteiger partial charge >= 0.3 is 0 Å². The summed E-state index contributed by atoms with van der Waals surface area (Å²) in [5.41, 5.74) is 0. The zero-order valence-electron chi connectivity index (χ0n) is 14.9. The number of carbonyl (C=O) groups excluding carboxylic acids is 1. The van der Waals surface area contributed by atoms with Gasteiger partial charge in [-0.05, 0) is 31.7 Å². The number of likely N-dealkylation sites (tertiary alicyclic amines) is 1. The van der Waals surface area contributed by atoms with Crippen molar-refractivity contribution in [1.29, 1.82) is 0 Å². The van der Waals surface area contributed by atoms with E-state index >= 15 is 0 Å². The Morgan fingerprint density at radius 1 is 1.12 bits per heavy atom. The summed E-state index contributed by atoms with van der Waals surface area (Å²) in [7, 11) is 3.89. The fourth-order valence-electron chi connectivity index (χ4n) is 3.67. The second-order valence-electron chi connectivity index (χ2n) is 7.13. The Kier molecular flexibility index (Phi) is 5.53. The van der Waals surface area contributed by atoms with Crippen molar-refractivity contribution >= 4 is 17.7 Å². The van der Waals surface area contributed by atoms with Gasteiger partial charge in [0.25, 0.3) is 0 Å². The normalized spacial score (nSPS) is 22.2. The van der Waals surface area contributed by atoms with Crippen LogP contribution in [0.15, 0.2) is 12.3 Å². The second kappa shape index (κ2) is 7.81. The highest BCUT2D eigenvalue weighted by atomic mass is 16.2. The molecule has 1 amide bonds. The molecule has 6 heteroatoms. The van der Waals surface area contributed by atoms with E-state index in [9.17, 15) is 4.79 Å². The van der Waals surface area contributed by atoms with Crippen molar-refractivity contribution in [1.82, 2.24) is 14.9 Å². The van der Waals surface area contributed by atoms with Crippen LogP contribution in [-0.4, -0.2) is 61.0 Å². The van der Waals surface area contributed by atoms with Crippen molar-refractivity contribution in [2.24, 2.45) is 5.92 Å². The van der Waals surface area contributed by atoms with Crippen molar-refractivity contribution < 1.29 is 4.79 Å². The number of anilines is 2. The molecule has 0 saturated carbocycles. The van der Waals surface area contributed by atoms with Crippen LogP contribution in [0.3, 0.4) is 0 Å². The van der Waals surface area contributed by atoms with Crippen molar-refractivity contribution in [3.05, 3.63) is 12.3 Å². The van der Waals surface area contributed by atoms with E-state index in [2.05, 4.69) is 19.8 Å². The van der Waals surface area contributed by atoms with E-state index in [0.29, 0.717) is 11.9 Å². The molecule has 0 unspecified atom stereocenters. The van der Waals surface area contributed by atoms with Gasteiger partial charge in [-0.25, -0.2) is 4.98 Å². The van der Waals surface area contributed by atoms with E-state index in [4.69, 9.17) is 0 Å². The van der Waals surface area contributed by atoms with Gasteiger partial charge in [-0.15, -0.1) is 0 Å². The Hall–Kier alpha value is -1.85. The van der Waals surface area contributed by atoms with Crippen LogP contribution in [0.4, 0.5) is 11.8 Å². The smallest absolute Gasteiger partial charge is 0.227 e. The van der Waals surface area contributed by atoms with Crippen LogP contribution in [0.5, 0.6) is 0 Å². The molecule has 0 radical (unpaired) electrons. The van der Waals surface area contributed by atoms with Crippen LogP contribution in [0.25, 0.3) is 0 Å². The molecule has 0 spiro atoms. The monoisotopic (exact) mass is 331 g/mol. The minimum atomic E-state index is 0.106. The summed E-state index contributed by atoms with van der Waals surface area (Å²) in [5, 5.41) is 0. The number of hydrogen-bond acceptors (Lipinski definition) is 5. The highest BCUT2D eigenvalue weighted by molar-refractivity contribution is 5.79. The zero-order chi connectivity index (χ0) is 16.9. The van der Waals surface area contributed by atoms with E-state index in [1.54, 1.807) is 6.20 Å². The maximum absolute atomic E-state index is 12.9. The van der Waals surface area contributed by atoms with Gasteiger partial charge in [-0.3, -0.25) is 4.79 Å². The van der Waals surface area contributed by atoms with Crippen LogP contribution in [-0.2, 0) is 4.79 Å². The molecule has 1 aromatic rings. The molecule has 2 saturated heterocycles. The van der Waals surface area contributed by atoms with Crippen LogP contribution in [0.1, 0.15) is 38.5 Å². The quantitative estimate of drug-likeness (QED) is 0.849. The van der Waals surface area contributed by atoms with E-state index in [1.165, 1.54) is 12.8 Å². The molecule has 1 aromatic heterocycles. The van der Waals surface area contributed by atoms with Gasteiger partial charge in [0.05, 0.1) is 5.92 Å². The fraction of sp³-hybridized carbons (Fsp3) is 0.722. The highest BCUT2D eigenvalue weighted by Crippen LogP contribution is 2.25. The molecule has 24 heavy (non-hydrogen) atoms. The average Bonchev–Trinajstić information content (AvgIpc) is 2.90. The standard InChI is InChI=1S/C18H29N5O/c1-21(2)18-19-10-9-16(20-18)23-13-7-8-15(14-23)17(24)22-11-5-3-4-6-12-22/h9-10,15H,3-8,11-14H2,1-2H3/t15-/m0/s1. The summed E-state index contributed by atoms with van der Waals surface area (Å²) >= 11 is 0. The summed E-state index contributed by atoms with van der Waals surface area (Å²) in [6, 6.07) is 1.95. The third-order valence-electron chi connectivity index (χ3n) is 5.04. The van der Waals surface area contributed by atoms with E-state index in [-0.39, 0.29) is 5.92 Å². The van der Waals surface area contributed by atoms with Crippen molar-refractivity contribution in [3.8, 4) is 0 Å². The SMILES string of the molecule is CN(C)c1nccc(N2CCC[C@H](C(=O)N3CCCCCC3)C2)n1. The number of carbonyl (C=O) groups is 1. The minimum absolute atomic E-state index is 0.106. The van der Waals surface area contributed by atoms with Crippen LogP contribution in [0, 0.1) is 5.92 Å². The lowest BCUT2D eigenvalue weighted by molar-refractivity contribution is -0.135. The summed E-state index contributed by atoms with van der Waals surface area (Å²) in [5.74, 6) is 2.11. The van der Waals surface area contributed by atoms with Gasteiger partial charge in [0.15, 0.2) is 0 Å². The molecule has 0 bridgehead atoms. The van der Waals surface area contributed by atoms with Gasteiger partial charge in [0.1, 0.15) is 5.82 Å². The maximum Gasteiger partial charge on any atom is 0.227 e. The Morgan fingerprint density at radius 2 is 1.88 bits per heavy atom. The molecule has 0 aliphatic carbocycles. The lowest BCUT2D eigenvalue weighted by Gasteiger charge is -2.35. The van der Waals surface area contributed by atoms with Gasteiger partial charge in [0, 0.05) is 46.5 Å². The Balaban J connectivity index is 1.67. The molecule has 3 heterocycles. The third kappa shape index (κ3) is 3.97. The highest BCUT2D eigenvalue weighted by Gasteiger charge is 2.30. The minimum Gasteiger partial charge on any atom is -0.356 e. The number of hydrogen-bond donors (Lipinski definition) is 0. The largest absolute Gasteiger partial charge is 0.356 e. The molecule has 0 N–H and O–H groups in total. The predicted octanol–water partition coefficient (Wildman–Crippen LogP) is 2.16. The molecular formula is C18H29N5O. The van der Waals surface area contributed by atoms with Crippen LogP contribution < -0.4 is 9.80 Å². The first kappa shape index (κ1) is 17.0. The lowest BCUT2D eigenvalue weighted by Crippen LogP contribution is -2.45. The van der Waals surface area contributed by atoms with E-state index in [0.717, 1.165) is 57.7 Å². The lowest BCUT2D eigenvalue weighted by atomic mass is 9.96. The zero-order valence-corrected chi connectivity index (χ0v) is 14.9. The number of piperidine rings is 1. The van der Waals surface area contributed by atoms with Gasteiger partial charge in [-0.2, -0.15) is 4.98 Å².